The smallest absolute Gasteiger partial charge is 0.264 e. The van der Waals surface area contributed by atoms with Crippen molar-refractivity contribution in [2.75, 3.05) is 17.8 Å². The van der Waals surface area contributed by atoms with Gasteiger partial charge >= 0.3 is 0 Å². The molecule has 1 saturated carbocycles. The monoisotopic (exact) mass is 505 g/mol. The Balaban J connectivity index is 1.40. The van der Waals surface area contributed by atoms with Gasteiger partial charge in [0.15, 0.2) is 0 Å². The van der Waals surface area contributed by atoms with Crippen molar-refractivity contribution in [3.05, 3.63) is 53.6 Å². The molecule has 0 aromatic heterocycles. The summed E-state index contributed by atoms with van der Waals surface area (Å²) in [4.78, 5) is 18.7. The lowest BCUT2D eigenvalue weighted by molar-refractivity contribution is -0.0366. The van der Waals surface area contributed by atoms with Gasteiger partial charge in [-0.1, -0.05) is 12.1 Å². The molecule has 7 nitrogen and oxygen atoms in total. The molecular formula is C25H29F2N3O4S. The van der Waals surface area contributed by atoms with Crippen LogP contribution < -0.4 is 4.72 Å². The van der Waals surface area contributed by atoms with E-state index in [1.54, 1.807) is 30.9 Å². The van der Waals surface area contributed by atoms with Crippen LogP contribution >= 0.6 is 0 Å². The van der Waals surface area contributed by atoms with Gasteiger partial charge in [0, 0.05) is 42.9 Å². The summed E-state index contributed by atoms with van der Waals surface area (Å²) in [6.07, 6.45) is 1.92. The molecule has 188 valence electrons. The fraction of sp³-hybridized carbons (Fsp3) is 0.440. The normalized spacial score (nSPS) is 21.2. The zero-order valence-electron chi connectivity index (χ0n) is 19.7. The number of carbonyl (C=O) groups excluding carboxylic acids is 1. The van der Waals surface area contributed by atoms with E-state index in [2.05, 4.69) is 9.71 Å². The van der Waals surface area contributed by atoms with Crippen LogP contribution in [0.1, 0.15) is 48.5 Å². The molecule has 4 rings (SSSR count). The first-order chi connectivity index (χ1) is 16.4. The first kappa shape index (κ1) is 25.2. The molecule has 2 fully saturated rings. The van der Waals surface area contributed by atoms with Crippen molar-refractivity contribution in [2.24, 2.45) is 10.9 Å². The zero-order chi connectivity index (χ0) is 25.4. The van der Waals surface area contributed by atoms with E-state index < -0.39 is 27.5 Å². The number of para-hydroxylation sites is 1. The average molecular weight is 506 g/mol. The summed E-state index contributed by atoms with van der Waals surface area (Å²) in [5.74, 6) is -3.69. The zero-order valence-corrected chi connectivity index (χ0v) is 20.5. The Bertz CT molecular complexity index is 1240. The van der Waals surface area contributed by atoms with Crippen LogP contribution in [0.3, 0.4) is 0 Å². The molecule has 1 amide bonds. The van der Waals surface area contributed by atoms with Crippen molar-refractivity contribution in [1.82, 2.24) is 4.90 Å². The lowest BCUT2D eigenvalue weighted by Crippen LogP contribution is -2.47. The minimum absolute atomic E-state index is 0.0560. The number of nitrogens with zero attached hydrogens (tertiary/aromatic N) is 2. The van der Waals surface area contributed by atoms with E-state index in [0.29, 0.717) is 16.9 Å². The number of benzene rings is 2. The lowest BCUT2D eigenvalue weighted by atomic mass is 9.86. The number of sulfonamides is 1. The molecule has 10 heteroatoms. The quantitative estimate of drug-likeness (QED) is 0.540. The Morgan fingerprint density at radius 3 is 2.40 bits per heavy atom. The molecule has 1 unspecified atom stereocenters. The molecule has 35 heavy (non-hydrogen) atoms. The maximum absolute atomic E-state index is 13.2. The Morgan fingerprint density at radius 1 is 1.20 bits per heavy atom. The number of piperidine rings is 1. The maximum Gasteiger partial charge on any atom is 0.264 e. The van der Waals surface area contributed by atoms with E-state index in [1.807, 2.05) is 0 Å². The number of carbonyl (C=O) groups is 1. The van der Waals surface area contributed by atoms with Crippen molar-refractivity contribution in [1.29, 1.82) is 0 Å². The van der Waals surface area contributed by atoms with E-state index in [0.717, 1.165) is 5.56 Å². The van der Waals surface area contributed by atoms with Gasteiger partial charge in [0.25, 0.3) is 21.9 Å². The van der Waals surface area contributed by atoms with Gasteiger partial charge in [-0.25, -0.2) is 17.2 Å². The van der Waals surface area contributed by atoms with Gasteiger partial charge in [0.1, 0.15) is 4.90 Å². The Hall–Kier alpha value is -2.85. The van der Waals surface area contributed by atoms with Crippen LogP contribution in [0.4, 0.5) is 20.2 Å². The van der Waals surface area contributed by atoms with E-state index in [9.17, 15) is 27.1 Å². The van der Waals surface area contributed by atoms with Gasteiger partial charge in [0.05, 0.1) is 11.3 Å². The summed E-state index contributed by atoms with van der Waals surface area (Å²) >= 11 is 0. The number of aliphatic hydroxyl groups is 1. The van der Waals surface area contributed by atoms with Crippen molar-refractivity contribution < 1.29 is 27.1 Å². The second-order valence-corrected chi connectivity index (χ2v) is 11.0. The third kappa shape index (κ3) is 5.54. The molecule has 2 aromatic carbocycles. The summed E-state index contributed by atoms with van der Waals surface area (Å²) in [6, 6.07) is 11.0. The predicted molar refractivity (Wildman–Crippen MR) is 130 cm³/mol. The second-order valence-electron chi connectivity index (χ2n) is 9.37. The highest BCUT2D eigenvalue weighted by atomic mass is 32.2. The van der Waals surface area contributed by atoms with E-state index in [4.69, 9.17) is 0 Å². The van der Waals surface area contributed by atoms with Crippen LogP contribution in [0.2, 0.25) is 0 Å². The number of hydrogen-bond donors (Lipinski definition) is 2. The molecule has 1 saturated heterocycles. The van der Waals surface area contributed by atoms with Crippen LogP contribution in [0.5, 0.6) is 0 Å². The van der Waals surface area contributed by atoms with Gasteiger partial charge in [0.2, 0.25) is 0 Å². The number of nitrogens with one attached hydrogen (secondary N) is 1. The van der Waals surface area contributed by atoms with Crippen molar-refractivity contribution in [3.8, 4) is 0 Å². The van der Waals surface area contributed by atoms with Crippen LogP contribution in [-0.2, 0) is 10.0 Å². The number of amides is 1. The fourth-order valence-corrected chi connectivity index (χ4v) is 5.78. The standard InChI is InChI=1S/C25H29F2N3O4S/c1-3-28-22-17(2)5-4-6-21(22)35(33,34)29-20-9-7-18(8-10-20)23(31)30-13-11-24(32,12-14-30)15-19-16-25(19,26)27/h3-10,19,29,32H,11-16H2,1-2H3. The van der Waals surface area contributed by atoms with Crippen molar-refractivity contribution in [2.45, 2.75) is 55.9 Å². The summed E-state index contributed by atoms with van der Waals surface area (Å²) in [6.45, 7) is 4.04. The molecule has 1 atom stereocenters. The number of alkyl halides is 2. The highest BCUT2D eigenvalue weighted by Crippen LogP contribution is 2.53. The van der Waals surface area contributed by atoms with Crippen LogP contribution in [-0.4, -0.2) is 55.2 Å². The Labute approximate surface area is 203 Å². The van der Waals surface area contributed by atoms with Crippen LogP contribution in [0.25, 0.3) is 0 Å². The van der Waals surface area contributed by atoms with Crippen molar-refractivity contribution in [3.63, 3.8) is 0 Å². The van der Waals surface area contributed by atoms with E-state index in [1.165, 1.54) is 36.5 Å². The summed E-state index contributed by atoms with van der Waals surface area (Å²) < 4.78 is 54.9. The van der Waals surface area contributed by atoms with Gasteiger partial charge in [-0.15, -0.1) is 0 Å². The number of halogens is 2. The van der Waals surface area contributed by atoms with E-state index in [-0.39, 0.29) is 49.6 Å². The SMILES string of the molecule is CC=Nc1c(C)cccc1S(=O)(=O)Nc1ccc(C(=O)N2CCC(O)(CC3CC3(F)F)CC2)cc1. The second kappa shape index (κ2) is 9.31. The molecule has 1 aliphatic heterocycles. The molecule has 0 spiro atoms. The number of anilines is 1. The highest BCUT2D eigenvalue weighted by Gasteiger charge is 2.59. The number of aryl methyl sites for hydroxylation is 1. The summed E-state index contributed by atoms with van der Waals surface area (Å²) in [5.41, 5.74) is 0.600. The summed E-state index contributed by atoms with van der Waals surface area (Å²) in [7, 11) is -3.91. The van der Waals surface area contributed by atoms with Crippen LogP contribution in [0.15, 0.2) is 52.4 Å². The topological polar surface area (TPSA) is 99.1 Å². The minimum Gasteiger partial charge on any atom is -0.390 e. The first-order valence-corrected chi connectivity index (χ1v) is 13.0. The number of hydrogen-bond acceptors (Lipinski definition) is 5. The molecule has 0 radical (unpaired) electrons. The molecule has 2 N–H and O–H groups in total. The average Bonchev–Trinajstić information content (AvgIpc) is 3.40. The van der Waals surface area contributed by atoms with Gasteiger partial charge in [-0.3, -0.25) is 14.5 Å². The number of rotatable bonds is 7. The molecule has 0 bridgehead atoms. The molecule has 1 aliphatic carbocycles. The highest BCUT2D eigenvalue weighted by molar-refractivity contribution is 7.92. The molecule has 2 aromatic rings. The largest absolute Gasteiger partial charge is 0.390 e. The summed E-state index contributed by atoms with van der Waals surface area (Å²) in [5, 5.41) is 10.6. The third-order valence-corrected chi connectivity index (χ3v) is 8.11. The molecular weight excluding hydrogens is 476 g/mol. The Kier molecular flexibility index (Phi) is 6.72. The Morgan fingerprint density at radius 2 is 1.83 bits per heavy atom. The molecule has 2 aliphatic rings. The number of aliphatic imine (C=N–C) groups is 1. The maximum atomic E-state index is 13.2. The fourth-order valence-electron chi connectivity index (χ4n) is 4.50. The first-order valence-electron chi connectivity index (χ1n) is 11.5. The van der Waals surface area contributed by atoms with Gasteiger partial charge in [-0.2, -0.15) is 0 Å². The van der Waals surface area contributed by atoms with Gasteiger partial charge < -0.3 is 10.0 Å². The minimum atomic E-state index is -3.91. The lowest BCUT2D eigenvalue weighted by Gasteiger charge is -2.38. The van der Waals surface area contributed by atoms with Gasteiger partial charge in [-0.05, 0) is 69.0 Å². The van der Waals surface area contributed by atoms with Crippen molar-refractivity contribution >= 4 is 33.5 Å². The molecule has 1 heterocycles. The predicted octanol–water partition coefficient (Wildman–Crippen LogP) is 4.53. The number of likely N-dealkylation sites (tertiary alicyclic amines) is 1. The third-order valence-electron chi connectivity index (χ3n) is 6.70. The van der Waals surface area contributed by atoms with E-state index >= 15 is 0 Å². The van der Waals surface area contributed by atoms with Crippen LogP contribution in [0, 0.1) is 12.8 Å².